The van der Waals surface area contributed by atoms with Crippen LogP contribution in [0.15, 0.2) is 64.9 Å². The number of rotatable bonds is 5. The second-order valence-electron chi connectivity index (χ2n) is 3.69. The fraction of sp³-hybridized carbons (Fsp3) is 0.0714. The van der Waals surface area contributed by atoms with Gasteiger partial charge in [0, 0.05) is 0 Å². The fourth-order valence-electron chi connectivity index (χ4n) is 1.61. The standard InChI is InChI=1S/C14H13N3O/c15-17-16-11-18-10-12-6-8-14(9-7-12)13-4-2-1-3-5-13/h1-9,11,15H,10H2/b16-11-,17-15?. The summed E-state index contributed by atoms with van der Waals surface area (Å²) < 4.78 is 5.10. The highest BCUT2D eigenvalue weighted by molar-refractivity contribution is 5.63. The van der Waals surface area contributed by atoms with Gasteiger partial charge in [-0.3, -0.25) is 0 Å². The van der Waals surface area contributed by atoms with Crippen LogP contribution in [0.2, 0.25) is 0 Å². The van der Waals surface area contributed by atoms with E-state index in [4.69, 9.17) is 10.3 Å². The topological polar surface area (TPSA) is 57.8 Å². The maximum Gasteiger partial charge on any atom is 0.197 e. The molecule has 0 atom stereocenters. The largest absolute Gasteiger partial charge is 0.477 e. The third-order valence-corrected chi connectivity index (χ3v) is 2.49. The number of ether oxygens (including phenoxy) is 1. The van der Waals surface area contributed by atoms with Crippen molar-refractivity contribution in [2.75, 3.05) is 0 Å². The summed E-state index contributed by atoms with van der Waals surface area (Å²) in [5.74, 6) is 0. The summed E-state index contributed by atoms with van der Waals surface area (Å²) in [4.78, 5) is 0. The highest BCUT2D eigenvalue weighted by Crippen LogP contribution is 2.19. The molecule has 0 saturated carbocycles. The molecule has 0 unspecified atom stereocenters. The lowest BCUT2D eigenvalue weighted by molar-refractivity contribution is 0.306. The molecule has 18 heavy (non-hydrogen) atoms. The fourth-order valence-corrected chi connectivity index (χ4v) is 1.61. The van der Waals surface area contributed by atoms with E-state index in [-0.39, 0.29) is 0 Å². The van der Waals surface area contributed by atoms with Gasteiger partial charge in [-0.25, -0.2) is 0 Å². The van der Waals surface area contributed by atoms with E-state index < -0.39 is 0 Å². The predicted octanol–water partition coefficient (Wildman–Crippen LogP) is 3.84. The van der Waals surface area contributed by atoms with Crippen LogP contribution < -0.4 is 0 Å². The van der Waals surface area contributed by atoms with Gasteiger partial charge in [-0.1, -0.05) is 54.6 Å². The van der Waals surface area contributed by atoms with Crippen LogP contribution in [0, 0.1) is 5.53 Å². The zero-order valence-corrected chi connectivity index (χ0v) is 9.78. The Morgan fingerprint density at radius 3 is 2.28 bits per heavy atom. The van der Waals surface area contributed by atoms with E-state index in [0.717, 1.165) is 12.0 Å². The van der Waals surface area contributed by atoms with E-state index in [2.05, 4.69) is 34.6 Å². The molecule has 0 aliphatic heterocycles. The van der Waals surface area contributed by atoms with Crippen molar-refractivity contribution in [1.82, 2.24) is 0 Å². The minimum Gasteiger partial charge on any atom is -0.477 e. The van der Waals surface area contributed by atoms with Crippen molar-refractivity contribution >= 4 is 6.40 Å². The van der Waals surface area contributed by atoms with E-state index >= 15 is 0 Å². The average molecular weight is 239 g/mol. The predicted molar refractivity (Wildman–Crippen MR) is 70.3 cm³/mol. The Bertz CT molecular complexity index is 520. The van der Waals surface area contributed by atoms with Gasteiger partial charge in [0.1, 0.15) is 6.61 Å². The van der Waals surface area contributed by atoms with Crippen molar-refractivity contribution in [3.05, 3.63) is 60.2 Å². The molecule has 0 spiro atoms. The first-order valence-electron chi connectivity index (χ1n) is 5.54. The van der Waals surface area contributed by atoms with E-state index in [9.17, 15) is 0 Å². The molecule has 2 rings (SSSR count). The Kier molecular flexibility index (Phi) is 4.19. The van der Waals surface area contributed by atoms with Crippen LogP contribution in [-0.4, -0.2) is 6.40 Å². The van der Waals surface area contributed by atoms with Gasteiger partial charge in [-0.2, -0.15) is 5.53 Å². The molecule has 2 aromatic rings. The van der Waals surface area contributed by atoms with Gasteiger partial charge in [0.15, 0.2) is 6.40 Å². The third kappa shape index (κ3) is 3.25. The Morgan fingerprint density at radius 1 is 0.944 bits per heavy atom. The maximum absolute atomic E-state index is 6.46. The second-order valence-corrected chi connectivity index (χ2v) is 3.69. The van der Waals surface area contributed by atoms with E-state index in [1.807, 2.05) is 30.3 Å². The van der Waals surface area contributed by atoms with Gasteiger partial charge in [-0.05, 0) is 21.9 Å². The van der Waals surface area contributed by atoms with Crippen LogP contribution in [-0.2, 0) is 11.3 Å². The van der Waals surface area contributed by atoms with Gasteiger partial charge in [0.2, 0.25) is 0 Å². The number of nitrogens with zero attached hydrogens (tertiary/aromatic N) is 2. The first-order chi connectivity index (χ1) is 8.90. The van der Waals surface area contributed by atoms with E-state index in [1.54, 1.807) is 0 Å². The van der Waals surface area contributed by atoms with Crippen molar-refractivity contribution in [1.29, 1.82) is 5.53 Å². The minimum atomic E-state index is 0.425. The normalized spacial score (nSPS) is 10.4. The summed E-state index contributed by atoms with van der Waals surface area (Å²) in [6.07, 6.45) is 1.16. The molecule has 0 bridgehead atoms. The van der Waals surface area contributed by atoms with Crippen LogP contribution in [0.25, 0.3) is 11.1 Å². The lowest BCUT2D eigenvalue weighted by Crippen LogP contribution is -1.90. The smallest absolute Gasteiger partial charge is 0.197 e. The quantitative estimate of drug-likeness (QED) is 0.366. The third-order valence-electron chi connectivity index (χ3n) is 2.49. The van der Waals surface area contributed by atoms with Gasteiger partial charge >= 0.3 is 0 Å². The van der Waals surface area contributed by atoms with E-state index in [1.165, 1.54) is 11.1 Å². The van der Waals surface area contributed by atoms with Crippen molar-refractivity contribution < 1.29 is 4.74 Å². The molecule has 0 aromatic heterocycles. The summed E-state index contributed by atoms with van der Waals surface area (Å²) in [6, 6.07) is 18.3. The summed E-state index contributed by atoms with van der Waals surface area (Å²) in [6.45, 7) is 0.425. The molecule has 0 saturated heterocycles. The van der Waals surface area contributed by atoms with Crippen LogP contribution >= 0.6 is 0 Å². The number of hydrogen-bond acceptors (Lipinski definition) is 3. The molecule has 90 valence electrons. The van der Waals surface area contributed by atoms with Gasteiger partial charge in [0.25, 0.3) is 0 Å². The maximum atomic E-state index is 6.46. The molecule has 0 radical (unpaired) electrons. The zero-order valence-electron chi connectivity index (χ0n) is 9.78. The molecule has 4 nitrogen and oxygen atoms in total. The second kappa shape index (κ2) is 6.30. The molecule has 0 aliphatic rings. The van der Waals surface area contributed by atoms with Crippen molar-refractivity contribution in [2.24, 2.45) is 10.3 Å². The summed E-state index contributed by atoms with van der Waals surface area (Å²) in [7, 11) is 0. The molecular formula is C14H13N3O. The van der Waals surface area contributed by atoms with Crippen LogP contribution in [0.3, 0.4) is 0 Å². The highest BCUT2D eigenvalue weighted by atomic mass is 16.5. The zero-order chi connectivity index (χ0) is 12.6. The van der Waals surface area contributed by atoms with Gasteiger partial charge < -0.3 is 4.74 Å². The number of hydrogen-bond donors (Lipinski definition) is 1. The lowest BCUT2D eigenvalue weighted by atomic mass is 10.0. The SMILES string of the molecule is N=N/N=C\OCc1ccc(-c2ccccc2)cc1. The molecule has 0 heterocycles. The van der Waals surface area contributed by atoms with Crippen molar-refractivity contribution in [2.45, 2.75) is 6.61 Å². The van der Waals surface area contributed by atoms with Crippen LogP contribution in [0.5, 0.6) is 0 Å². The molecule has 1 N–H and O–H groups in total. The Balaban J connectivity index is 2.02. The lowest BCUT2D eigenvalue weighted by Gasteiger charge is -2.04. The van der Waals surface area contributed by atoms with Crippen LogP contribution in [0.1, 0.15) is 5.56 Å². The first-order valence-corrected chi connectivity index (χ1v) is 5.54. The Morgan fingerprint density at radius 2 is 1.61 bits per heavy atom. The first kappa shape index (κ1) is 12.0. The highest BCUT2D eigenvalue weighted by Gasteiger charge is 1.97. The number of benzene rings is 2. The molecule has 0 fully saturated rings. The molecule has 0 aliphatic carbocycles. The molecule has 2 aromatic carbocycles. The monoisotopic (exact) mass is 239 g/mol. The number of nitrogens with one attached hydrogen (secondary N) is 1. The summed E-state index contributed by atoms with van der Waals surface area (Å²) >= 11 is 0. The minimum absolute atomic E-state index is 0.425. The van der Waals surface area contributed by atoms with Crippen molar-refractivity contribution in [3.63, 3.8) is 0 Å². The molecule has 4 heteroatoms. The molecular weight excluding hydrogens is 226 g/mol. The Hall–Kier alpha value is -2.49. The van der Waals surface area contributed by atoms with Crippen molar-refractivity contribution in [3.8, 4) is 11.1 Å². The molecule has 0 amide bonds. The Labute approximate surface area is 105 Å². The van der Waals surface area contributed by atoms with E-state index in [0.29, 0.717) is 6.61 Å². The van der Waals surface area contributed by atoms with Crippen LogP contribution in [0.4, 0.5) is 0 Å². The van der Waals surface area contributed by atoms with Gasteiger partial charge in [-0.15, -0.1) is 5.10 Å². The average Bonchev–Trinajstić information content (AvgIpc) is 2.45. The van der Waals surface area contributed by atoms with Gasteiger partial charge in [0.05, 0.1) is 0 Å². The summed E-state index contributed by atoms with van der Waals surface area (Å²) in [5, 5.41) is 6.11. The summed E-state index contributed by atoms with van der Waals surface area (Å²) in [5.41, 5.74) is 9.87.